The molecule has 0 heteroatoms. The summed E-state index contributed by atoms with van der Waals surface area (Å²) < 4.78 is 0. The molecule has 0 saturated carbocycles. The van der Waals surface area contributed by atoms with Crippen molar-refractivity contribution in [1.82, 2.24) is 0 Å². The zero-order valence-electron chi connectivity index (χ0n) is 10.2. The molecule has 13 heavy (non-hydrogen) atoms. The van der Waals surface area contributed by atoms with Crippen LogP contribution in [0.4, 0.5) is 0 Å². The third kappa shape index (κ3) is 4.50. The number of allylic oxidation sites excluding steroid dienone is 2. The highest BCUT2D eigenvalue weighted by molar-refractivity contribution is 5.01. The van der Waals surface area contributed by atoms with Gasteiger partial charge in [-0.1, -0.05) is 45.8 Å². The van der Waals surface area contributed by atoms with Gasteiger partial charge in [-0.2, -0.15) is 0 Å². The van der Waals surface area contributed by atoms with Gasteiger partial charge in [0.25, 0.3) is 0 Å². The average Bonchev–Trinajstić information content (AvgIpc) is 2.14. The molecule has 0 amide bonds. The summed E-state index contributed by atoms with van der Waals surface area (Å²) in [4.78, 5) is 0. The lowest BCUT2D eigenvalue weighted by molar-refractivity contribution is 0.339. The lowest BCUT2D eigenvalue weighted by Gasteiger charge is -2.23. The van der Waals surface area contributed by atoms with E-state index in [0.717, 1.165) is 17.8 Å². The summed E-state index contributed by atoms with van der Waals surface area (Å²) in [6, 6.07) is 0. The lowest BCUT2D eigenvalue weighted by atomic mass is 9.83. The Kier molecular flexibility index (Phi) is 6.11. The second kappa shape index (κ2) is 6.23. The molecule has 0 N–H and O–H groups in total. The first-order valence-corrected chi connectivity index (χ1v) is 5.65. The standard InChI is InChI=1S/C13H26/c1-7-10(3)9-12(5)13(6)11(4)8-2/h8,10,12-13H,7,9H2,1-6H3. The van der Waals surface area contributed by atoms with E-state index in [1.807, 2.05) is 0 Å². The monoisotopic (exact) mass is 182 g/mol. The summed E-state index contributed by atoms with van der Waals surface area (Å²) in [5, 5.41) is 0. The second-order valence-electron chi connectivity index (χ2n) is 4.55. The van der Waals surface area contributed by atoms with Crippen LogP contribution < -0.4 is 0 Å². The Hall–Kier alpha value is -0.260. The van der Waals surface area contributed by atoms with Crippen LogP contribution in [0.2, 0.25) is 0 Å². The molecule has 0 aromatic rings. The molecule has 0 fully saturated rings. The predicted molar refractivity (Wildman–Crippen MR) is 61.8 cm³/mol. The van der Waals surface area contributed by atoms with E-state index in [1.165, 1.54) is 18.4 Å². The molecule has 0 aromatic carbocycles. The molecule has 0 aliphatic rings. The highest BCUT2D eigenvalue weighted by atomic mass is 14.2. The maximum Gasteiger partial charge on any atom is -0.0209 e. The Labute approximate surface area is 84.4 Å². The first-order valence-electron chi connectivity index (χ1n) is 5.65. The minimum Gasteiger partial charge on any atom is -0.0885 e. The number of rotatable bonds is 5. The van der Waals surface area contributed by atoms with E-state index in [2.05, 4.69) is 47.6 Å². The molecule has 0 radical (unpaired) electrons. The van der Waals surface area contributed by atoms with E-state index < -0.39 is 0 Å². The second-order valence-corrected chi connectivity index (χ2v) is 4.55. The van der Waals surface area contributed by atoms with Gasteiger partial charge in [-0.15, -0.1) is 0 Å². The zero-order chi connectivity index (χ0) is 10.4. The maximum absolute atomic E-state index is 2.38. The van der Waals surface area contributed by atoms with Crippen molar-refractivity contribution in [1.29, 1.82) is 0 Å². The van der Waals surface area contributed by atoms with Crippen molar-refractivity contribution in [3.8, 4) is 0 Å². The number of hydrogen-bond donors (Lipinski definition) is 0. The van der Waals surface area contributed by atoms with Crippen LogP contribution in [0.25, 0.3) is 0 Å². The van der Waals surface area contributed by atoms with Crippen LogP contribution in [-0.2, 0) is 0 Å². The maximum atomic E-state index is 2.38. The van der Waals surface area contributed by atoms with E-state index in [1.54, 1.807) is 0 Å². The van der Waals surface area contributed by atoms with Crippen LogP contribution in [0.3, 0.4) is 0 Å². The highest BCUT2D eigenvalue weighted by Gasteiger charge is 2.15. The Morgan fingerprint density at radius 2 is 1.77 bits per heavy atom. The first kappa shape index (κ1) is 12.7. The number of hydrogen-bond acceptors (Lipinski definition) is 0. The van der Waals surface area contributed by atoms with E-state index in [9.17, 15) is 0 Å². The quantitative estimate of drug-likeness (QED) is 0.542. The van der Waals surface area contributed by atoms with Crippen molar-refractivity contribution in [2.45, 2.75) is 54.4 Å². The van der Waals surface area contributed by atoms with E-state index >= 15 is 0 Å². The Morgan fingerprint density at radius 1 is 1.23 bits per heavy atom. The van der Waals surface area contributed by atoms with Gasteiger partial charge < -0.3 is 0 Å². The minimum atomic E-state index is 0.749. The Morgan fingerprint density at radius 3 is 2.15 bits per heavy atom. The van der Waals surface area contributed by atoms with Crippen LogP contribution in [0, 0.1) is 17.8 Å². The Bertz CT molecular complexity index is 155. The molecular formula is C13H26. The van der Waals surface area contributed by atoms with E-state index in [-0.39, 0.29) is 0 Å². The van der Waals surface area contributed by atoms with Crippen LogP contribution >= 0.6 is 0 Å². The summed E-state index contributed by atoms with van der Waals surface area (Å²) in [5.41, 5.74) is 1.54. The van der Waals surface area contributed by atoms with Crippen molar-refractivity contribution in [2.24, 2.45) is 17.8 Å². The van der Waals surface area contributed by atoms with Gasteiger partial charge in [0.15, 0.2) is 0 Å². The van der Waals surface area contributed by atoms with Crippen LogP contribution in [0.1, 0.15) is 54.4 Å². The van der Waals surface area contributed by atoms with Gasteiger partial charge in [-0.25, -0.2) is 0 Å². The molecule has 78 valence electrons. The third-order valence-corrected chi connectivity index (χ3v) is 3.50. The molecule has 0 bridgehead atoms. The highest BCUT2D eigenvalue weighted by Crippen LogP contribution is 2.26. The predicted octanol–water partition coefficient (Wildman–Crippen LogP) is 4.66. The fourth-order valence-electron chi connectivity index (χ4n) is 1.72. The molecule has 0 aliphatic heterocycles. The van der Waals surface area contributed by atoms with Crippen LogP contribution in [-0.4, -0.2) is 0 Å². The first-order chi connectivity index (χ1) is 6.02. The van der Waals surface area contributed by atoms with Crippen molar-refractivity contribution >= 4 is 0 Å². The molecule has 3 unspecified atom stereocenters. The van der Waals surface area contributed by atoms with Crippen molar-refractivity contribution in [2.75, 3.05) is 0 Å². The van der Waals surface area contributed by atoms with Gasteiger partial charge in [0.2, 0.25) is 0 Å². The summed E-state index contributed by atoms with van der Waals surface area (Å²) in [5.74, 6) is 2.45. The molecule has 0 aromatic heterocycles. The zero-order valence-corrected chi connectivity index (χ0v) is 10.2. The fraction of sp³-hybridized carbons (Fsp3) is 0.846. The van der Waals surface area contributed by atoms with Crippen LogP contribution in [0.5, 0.6) is 0 Å². The van der Waals surface area contributed by atoms with Gasteiger partial charge in [0.05, 0.1) is 0 Å². The minimum absolute atomic E-state index is 0.749. The van der Waals surface area contributed by atoms with Gasteiger partial charge in [0.1, 0.15) is 0 Å². The van der Waals surface area contributed by atoms with E-state index in [4.69, 9.17) is 0 Å². The van der Waals surface area contributed by atoms with Gasteiger partial charge >= 0.3 is 0 Å². The van der Waals surface area contributed by atoms with Crippen molar-refractivity contribution in [3.63, 3.8) is 0 Å². The Balaban J connectivity index is 4.03. The van der Waals surface area contributed by atoms with Crippen molar-refractivity contribution in [3.05, 3.63) is 11.6 Å². The molecule has 3 atom stereocenters. The van der Waals surface area contributed by atoms with Gasteiger partial charge in [0, 0.05) is 0 Å². The topological polar surface area (TPSA) is 0 Å². The molecule has 0 rings (SSSR count). The molecule has 0 saturated heterocycles. The SMILES string of the molecule is CC=C(C)C(C)C(C)CC(C)CC. The molecule has 0 aliphatic carbocycles. The fourth-order valence-corrected chi connectivity index (χ4v) is 1.72. The van der Waals surface area contributed by atoms with Gasteiger partial charge in [-0.3, -0.25) is 0 Å². The normalized spacial score (nSPS) is 19.7. The third-order valence-electron chi connectivity index (χ3n) is 3.50. The summed E-state index contributed by atoms with van der Waals surface area (Å²) in [7, 11) is 0. The molecule has 0 spiro atoms. The summed E-state index contributed by atoms with van der Waals surface area (Å²) in [6.45, 7) is 13.8. The lowest BCUT2D eigenvalue weighted by Crippen LogP contribution is -2.12. The summed E-state index contributed by atoms with van der Waals surface area (Å²) >= 11 is 0. The summed E-state index contributed by atoms with van der Waals surface area (Å²) in [6.07, 6.45) is 4.92. The molecule has 0 heterocycles. The van der Waals surface area contributed by atoms with E-state index in [0.29, 0.717) is 0 Å². The molecule has 0 nitrogen and oxygen atoms in total. The average molecular weight is 182 g/mol. The largest absolute Gasteiger partial charge is 0.0885 e. The smallest absolute Gasteiger partial charge is 0.0209 e. The van der Waals surface area contributed by atoms with Crippen LogP contribution in [0.15, 0.2) is 11.6 Å². The molecular weight excluding hydrogens is 156 g/mol. The van der Waals surface area contributed by atoms with Crippen molar-refractivity contribution < 1.29 is 0 Å². The van der Waals surface area contributed by atoms with Gasteiger partial charge in [-0.05, 0) is 38.0 Å².